The zero-order valence-corrected chi connectivity index (χ0v) is 15.7. The van der Waals surface area contributed by atoms with Crippen LogP contribution in [0.3, 0.4) is 0 Å². The number of carbonyl (C=O) groups excluding carboxylic acids is 2. The van der Waals surface area contributed by atoms with Crippen molar-refractivity contribution >= 4 is 17.9 Å². The molecule has 152 valence electrons. The van der Waals surface area contributed by atoms with Crippen LogP contribution in [0.4, 0.5) is 4.79 Å². The Balaban J connectivity index is 1.80. The number of amides is 3. The third-order valence-electron chi connectivity index (χ3n) is 4.71. The quantitative estimate of drug-likeness (QED) is 0.515. The molecule has 0 bridgehead atoms. The summed E-state index contributed by atoms with van der Waals surface area (Å²) in [5.41, 5.74) is 0. The summed E-state index contributed by atoms with van der Waals surface area (Å²) in [6.45, 7) is 0.858. The number of para-hydroxylation sites is 1. The fourth-order valence-electron chi connectivity index (χ4n) is 3.35. The molecule has 3 N–H and O–H groups in total. The summed E-state index contributed by atoms with van der Waals surface area (Å²) < 4.78 is 5.75. The fourth-order valence-corrected chi connectivity index (χ4v) is 3.35. The minimum absolute atomic E-state index is 0.135. The SMILES string of the molecule is CN1C(=O)NC(=O)C2C1N=C(N(CCO)CCO)N2CCOc1ccccc1. The molecular weight excluding hydrogens is 366 g/mol. The van der Waals surface area contributed by atoms with E-state index in [1.807, 2.05) is 30.3 Å². The molecule has 1 fully saturated rings. The number of aliphatic hydroxyl groups excluding tert-OH is 2. The number of likely N-dealkylation sites (N-methyl/N-ethyl adjacent to an activating group) is 1. The Morgan fingerprint density at radius 2 is 1.86 bits per heavy atom. The first-order valence-corrected chi connectivity index (χ1v) is 9.13. The van der Waals surface area contributed by atoms with Gasteiger partial charge < -0.3 is 29.6 Å². The highest BCUT2D eigenvalue weighted by atomic mass is 16.5. The molecule has 10 nitrogen and oxygen atoms in total. The minimum Gasteiger partial charge on any atom is -0.492 e. The van der Waals surface area contributed by atoms with Crippen LogP contribution in [0.25, 0.3) is 0 Å². The van der Waals surface area contributed by atoms with E-state index in [1.165, 1.54) is 4.90 Å². The Morgan fingerprint density at radius 3 is 2.50 bits per heavy atom. The van der Waals surface area contributed by atoms with E-state index in [1.54, 1.807) is 16.8 Å². The summed E-state index contributed by atoms with van der Waals surface area (Å²) in [7, 11) is 1.58. The number of nitrogens with one attached hydrogen (secondary N) is 1. The van der Waals surface area contributed by atoms with E-state index >= 15 is 0 Å². The van der Waals surface area contributed by atoms with Crippen LogP contribution < -0.4 is 10.1 Å². The zero-order chi connectivity index (χ0) is 20.1. The second-order valence-corrected chi connectivity index (χ2v) is 6.48. The van der Waals surface area contributed by atoms with E-state index in [9.17, 15) is 19.8 Å². The van der Waals surface area contributed by atoms with Crippen LogP contribution in [-0.2, 0) is 4.79 Å². The molecule has 2 atom stereocenters. The highest BCUT2D eigenvalue weighted by Crippen LogP contribution is 2.25. The van der Waals surface area contributed by atoms with Crippen molar-refractivity contribution in [2.45, 2.75) is 12.2 Å². The number of nitrogens with zero attached hydrogens (tertiary/aromatic N) is 4. The third kappa shape index (κ3) is 4.02. The number of aliphatic imine (C=N–C) groups is 1. The average Bonchev–Trinajstić information content (AvgIpc) is 3.07. The molecule has 10 heteroatoms. The molecule has 3 amide bonds. The van der Waals surface area contributed by atoms with E-state index in [2.05, 4.69) is 10.3 Å². The normalized spacial score (nSPS) is 21.3. The molecule has 3 rings (SSSR count). The van der Waals surface area contributed by atoms with Crippen molar-refractivity contribution in [1.29, 1.82) is 0 Å². The second kappa shape index (κ2) is 8.89. The average molecular weight is 391 g/mol. The molecule has 0 spiro atoms. The van der Waals surface area contributed by atoms with Crippen molar-refractivity contribution < 1.29 is 24.5 Å². The standard InChI is InChI=1S/C18H25N5O5/c1-21-15-14(16(26)20-18(21)27)23(9-12-28-13-5-3-2-4-6-13)17(19-15)22(7-10-24)8-11-25/h2-6,14-15,24-25H,7-12H2,1H3,(H,20,26,27). The number of carbonyl (C=O) groups is 2. The number of hydrogen-bond acceptors (Lipinski definition) is 8. The van der Waals surface area contributed by atoms with Gasteiger partial charge in [0.05, 0.1) is 19.8 Å². The van der Waals surface area contributed by atoms with Crippen LogP contribution in [-0.4, -0.2) is 102 Å². The number of imide groups is 1. The molecule has 1 aromatic carbocycles. The Hall–Kier alpha value is -2.85. The second-order valence-electron chi connectivity index (χ2n) is 6.48. The number of hydrogen-bond donors (Lipinski definition) is 3. The molecular formula is C18H25N5O5. The summed E-state index contributed by atoms with van der Waals surface area (Å²) in [5.74, 6) is 0.727. The molecule has 2 aliphatic rings. The maximum absolute atomic E-state index is 12.5. The van der Waals surface area contributed by atoms with E-state index < -0.39 is 24.1 Å². The summed E-state index contributed by atoms with van der Waals surface area (Å²) in [6.07, 6.45) is -0.673. The Kier molecular flexibility index (Phi) is 6.32. The Morgan fingerprint density at radius 1 is 1.18 bits per heavy atom. The first-order chi connectivity index (χ1) is 13.6. The van der Waals surface area contributed by atoms with Crippen molar-refractivity contribution in [3.63, 3.8) is 0 Å². The molecule has 2 heterocycles. The van der Waals surface area contributed by atoms with Crippen LogP contribution in [0, 0.1) is 0 Å². The molecule has 0 aromatic heterocycles. The molecule has 0 aliphatic carbocycles. The minimum atomic E-state index is -0.697. The van der Waals surface area contributed by atoms with Gasteiger partial charge in [0.2, 0.25) is 0 Å². The van der Waals surface area contributed by atoms with Crippen LogP contribution in [0.5, 0.6) is 5.75 Å². The lowest BCUT2D eigenvalue weighted by atomic mass is 10.1. The van der Waals surface area contributed by atoms with Crippen molar-refractivity contribution in [1.82, 2.24) is 20.0 Å². The molecule has 2 aliphatic heterocycles. The molecule has 2 unspecified atom stereocenters. The van der Waals surface area contributed by atoms with Crippen LogP contribution in [0.1, 0.15) is 0 Å². The van der Waals surface area contributed by atoms with Crippen LogP contribution in [0.2, 0.25) is 0 Å². The number of guanidine groups is 1. The Bertz CT molecular complexity index is 722. The number of benzene rings is 1. The van der Waals surface area contributed by atoms with Gasteiger partial charge in [0.25, 0.3) is 5.91 Å². The van der Waals surface area contributed by atoms with E-state index in [4.69, 9.17) is 4.74 Å². The van der Waals surface area contributed by atoms with Gasteiger partial charge in [0.15, 0.2) is 18.2 Å². The maximum atomic E-state index is 12.5. The van der Waals surface area contributed by atoms with Gasteiger partial charge in [-0.3, -0.25) is 10.1 Å². The number of rotatable bonds is 8. The number of aliphatic hydroxyl groups is 2. The molecule has 0 radical (unpaired) electrons. The highest BCUT2D eigenvalue weighted by molar-refractivity contribution is 6.03. The molecule has 28 heavy (non-hydrogen) atoms. The smallest absolute Gasteiger partial charge is 0.325 e. The van der Waals surface area contributed by atoms with Crippen molar-refractivity contribution in [3.05, 3.63) is 30.3 Å². The van der Waals surface area contributed by atoms with E-state index in [0.717, 1.165) is 0 Å². The van der Waals surface area contributed by atoms with E-state index in [-0.39, 0.29) is 26.3 Å². The summed E-state index contributed by atoms with van der Waals surface area (Å²) in [5, 5.41) is 21.1. The van der Waals surface area contributed by atoms with Gasteiger partial charge in [0.1, 0.15) is 12.4 Å². The van der Waals surface area contributed by atoms with Gasteiger partial charge in [-0.2, -0.15) is 0 Å². The van der Waals surface area contributed by atoms with Crippen LogP contribution >= 0.6 is 0 Å². The monoisotopic (exact) mass is 391 g/mol. The number of urea groups is 1. The van der Waals surface area contributed by atoms with E-state index in [0.29, 0.717) is 24.9 Å². The van der Waals surface area contributed by atoms with Crippen LogP contribution in [0.15, 0.2) is 35.3 Å². The third-order valence-corrected chi connectivity index (χ3v) is 4.71. The molecule has 0 saturated carbocycles. The summed E-state index contributed by atoms with van der Waals surface area (Å²) in [6, 6.07) is 8.10. The number of fused-ring (bicyclic) bond motifs is 1. The molecule has 1 aromatic rings. The summed E-state index contributed by atoms with van der Waals surface area (Å²) >= 11 is 0. The fraction of sp³-hybridized carbons (Fsp3) is 0.500. The molecule has 1 saturated heterocycles. The van der Waals surface area contributed by atoms with Gasteiger partial charge in [0, 0.05) is 20.1 Å². The van der Waals surface area contributed by atoms with Crippen molar-refractivity contribution in [2.24, 2.45) is 4.99 Å². The zero-order valence-electron chi connectivity index (χ0n) is 15.7. The maximum Gasteiger partial charge on any atom is 0.325 e. The topological polar surface area (TPSA) is 118 Å². The summed E-state index contributed by atoms with van der Waals surface area (Å²) in [4.78, 5) is 33.9. The predicted molar refractivity (Wildman–Crippen MR) is 101 cm³/mol. The van der Waals surface area contributed by atoms with Gasteiger partial charge in [-0.25, -0.2) is 9.79 Å². The highest BCUT2D eigenvalue weighted by Gasteiger charge is 2.49. The van der Waals surface area contributed by atoms with Crippen molar-refractivity contribution in [2.75, 3.05) is 46.5 Å². The lowest BCUT2D eigenvalue weighted by Crippen LogP contribution is -2.64. The lowest BCUT2D eigenvalue weighted by molar-refractivity contribution is -0.127. The first-order valence-electron chi connectivity index (χ1n) is 9.13. The van der Waals surface area contributed by atoms with Gasteiger partial charge in [-0.1, -0.05) is 18.2 Å². The largest absolute Gasteiger partial charge is 0.492 e. The van der Waals surface area contributed by atoms with Gasteiger partial charge in [-0.15, -0.1) is 0 Å². The van der Waals surface area contributed by atoms with Gasteiger partial charge >= 0.3 is 6.03 Å². The van der Waals surface area contributed by atoms with Gasteiger partial charge in [-0.05, 0) is 12.1 Å². The lowest BCUT2D eigenvalue weighted by Gasteiger charge is -2.37. The first kappa shape index (κ1) is 19.9. The Labute approximate surface area is 163 Å². The number of ether oxygens (including phenoxy) is 1. The predicted octanol–water partition coefficient (Wildman–Crippen LogP) is -1.10. The van der Waals surface area contributed by atoms with Crippen molar-refractivity contribution in [3.8, 4) is 5.75 Å².